The first kappa shape index (κ1) is 25.5. The van der Waals surface area contributed by atoms with Gasteiger partial charge in [0.15, 0.2) is 0 Å². The number of carboxylic acid groups (broad SMARTS) is 1. The third-order valence-corrected chi connectivity index (χ3v) is 3.99. The van der Waals surface area contributed by atoms with Gasteiger partial charge < -0.3 is 23.8 Å². The summed E-state index contributed by atoms with van der Waals surface area (Å²) in [7, 11) is 0. The molecule has 24 heavy (non-hydrogen) atoms. The second-order valence-electron chi connectivity index (χ2n) is 5.57. The molecule has 0 atom stereocenters. The Morgan fingerprint density at radius 2 is 1.33 bits per heavy atom. The Labute approximate surface area is 148 Å². The number of aliphatic carboxylic acids is 1. The molecule has 0 unspecified atom stereocenters. The quantitative estimate of drug-likeness (QED) is 0.363. The minimum absolute atomic E-state index is 0.0616. The Bertz CT molecular complexity index is 270. The molecule has 0 aromatic heterocycles. The van der Waals surface area contributed by atoms with Crippen molar-refractivity contribution < 1.29 is 28.6 Å². The number of hydrogen-bond acceptors (Lipinski definition) is 4. The minimum atomic E-state index is -0.832. The first-order valence-corrected chi connectivity index (χ1v) is 9.31. The number of carbonyl (C=O) groups is 1. The Morgan fingerprint density at radius 3 is 1.79 bits per heavy atom. The number of ether oxygens (including phenoxy) is 3. The van der Waals surface area contributed by atoms with E-state index < -0.39 is 5.97 Å². The molecule has 0 bridgehead atoms. The fourth-order valence-electron chi connectivity index (χ4n) is 2.37. The topological polar surface area (TPSA) is 65.0 Å². The summed E-state index contributed by atoms with van der Waals surface area (Å²) in [6.45, 7) is 19.4. The van der Waals surface area contributed by atoms with Gasteiger partial charge >= 0.3 is 5.97 Å². The fourth-order valence-corrected chi connectivity index (χ4v) is 2.37. The predicted molar refractivity (Wildman–Crippen MR) is 97.4 cm³/mol. The lowest BCUT2D eigenvalue weighted by Crippen LogP contribution is -2.50. The van der Waals surface area contributed by atoms with E-state index in [0.29, 0.717) is 19.8 Å². The standard InChI is InChI=1S/C11H26NO.C7H14O4/c1-5-9-12(6-2,7-3)10-11-13-8-4;1-2-10-5-6-11-4-3-7(8)9/h5-11H2,1-4H3;2-6H2,1H3,(H,8,9)/q+1;. The second kappa shape index (κ2) is 18.6. The molecular weight excluding hydrogens is 310 g/mol. The molecule has 0 amide bonds. The third kappa shape index (κ3) is 16.2. The average Bonchev–Trinajstić information content (AvgIpc) is 2.58. The second-order valence-corrected chi connectivity index (χ2v) is 5.57. The number of nitrogens with zero attached hydrogens (tertiary/aromatic N) is 1. The Hall–Kier alpha value is -0.690. The van der Waals surface area contributed by atoms with Gasteiger partial charge in [0, 0.05) is 13.2 Å². The SMILES string of the molecule is CCC[N+](CC)(CC)CCOCC.CCOCCOCCC(=O)O. The van der Waals surface area contributed by atoms with Crippen molar-refractivity contribution in [3.8, 4) is 0 Å². The summed E-state index contributed by atoms with van der Waals surface area (Å²) in [5, 5.41) is 8.20. The van der Waals surface area contributed by atoms with Gasteiger partial charge in [0.25, 0.3) is 0 Å². The van der Waals surface area contributed by atoms with E-state index in [1.165, 1.54) is 37.1 Å². The summed E-state index contributed by atoms with van der Waals surface area (Å²) in [6.07, 6.45) is 1.33. The van der Waals surface area contributed by atoms with Crippen LogP contribution in [0, 0.1) is 0 Å². The molecule has 0 spiro atoms. The minimum Gasteiger partial charge on any atom is -0.481 e. The molecule has 146 valence electrons. The number of hydrogen-bond donors (Lipinski definition) is 1. The summed E-state index contributed by atoms with van der Waals surface area (Å²) in [6, 6.07) is 0. The molecule has 0 saturated heterocycles. The van der Waals surface area contributed by atoms with E-state index in [1.54, 1.807) is 0 Å². The smallest absolute Gasteiger partial charge is 0.305 e. The molecule has 0 aromatic rings. The van der Waals surface area contributed by atoms with Crippen LogP contribution in [-0.2, 0) is 19.0 Å². The molecule has 0 aromatic carbocycles. The molecular formula is C18H40NO5+. The van der Waals surface area contributed by atoms with Crippen molar-refractivity contribution in [1.82, 2.24) is 0 Å². The maximum atomic E-state index is 9.98. The van der Waals surface area contributed by atoms with Crippen LogP contribution in [0.3, 0.4) is 0 Å². The van der Waals surface area contributed by atoms with Crippen LogP contribution in [0.5, 0.6) is 0 Å². The molecule has 1 N–H and O–H groups in total. The summed E-state index contributed by atoms with van der Waals surface area (Å²) in [5.41, 5.74) is 0. The van der Waals surface area contributed by atoms with E-state index in [9.17, 15) is 4.79 Å². The van der Waals surface area contributed by atoms with Gasteiger partial charge in [-0.25, -0.2) is 0 Å². The van der Waals surface area contributed by atoms with E-state index in [1.807, 2.05) is 6.92 Å². The summed E-state index contributed by atoms with van der Waals surface area (Å²) >= 11 is 0. The molecule has 0 fully saturated rings. The summed E-state index contributed by atoms with van der Waals surface area (Å²) in [5.74, 6) is -0.832. The average molecular weight is 351 g/mol. The molecule has 6 heteroatoms. The van der Waals surface area contributed by atoms with Crippen LogP contribution in [0.2, 0.25) is 0 Å². The summed E-state index contributed by atoms with van der Waals surface area (Å²) in [4.78, 5) is 9.98. The van der Waals surface area contributed by atoms with Gasteiger partial charge in [-0.2, -0.15) is 0 Å². The molecule has 0 aliphatic rings. The normalized spacial score (nSPS) is 11.0. The number of likely N-dealkylation sites (N-methyl/N-ethyl adjacent to an activating group) is 1. The molecule has 0 radical (unpaired) electrons. The Morgan fingerprint density at radius 1 is 0.792 bits per heavy atom. The molecule has 6 nitrogen and oxygen atoms in total. The van der Waals surface area contributed by atoms with Crippen molar-refractivity contribution in [2.24, 2.45) is 0 Å². The van der Waals surface area contributed by atoms with Gasteiger partial charge in [0.2, 0.25) is 0 Å². The summed E-state index contributed by atoms with van der Waals surface area (Å²) < 4.78 is 16.6. The van der Waals surface area contributed by atoms with Gasteiger partial charge in [0.1, 0.15) is 6.54 Å². The Kier molecular flexibility index (Phi) is 19.8. The van der Waals surface area contributed by atoms with E-state index >= 15 is 0 Å². The van der Waals surface area contributed by atoms with E-state index in [4.69, 9.17) is 19.3 Å². The lowest BCUT2D eigenvalue weighted by molar-refractivity contribution is -0.925. The van der Waals surface area contributed by atoms with Crippen LogP contribution in [0.25, 0.3) is 0 Å². The number of rotatable bonds is 15. The maximum Gasteiger partial charge on any atom is 0.305 e. The van der Waals surface area contributed by atoms with E-state index in [2.05, 4.69) is 27.7 Å². The van der Waals surface area contributed by atoms with Gasteiger partial charge in [-0.15, -0.1) is 0 Å². The van der Waals surface area contributed by atoms with E-state index in [-0.39, 0.29) is 13.0 Å². The predicted octanol–water partition coefficient (Wildman–Crippen LogP) is 2.80. The zero-order chi connectivity index (χ0) is 18.7. The largest absolute Gasteiger partial charge is 0.481 e. The number of quaternary nitrogens is 1. The molecule has 0 rings (SSSR count). The monoisotopic (exact) mass is 350 g/mol. The van der Waals surface area contributed by atoms with Crippen LogP contribution < -0.4 is 0 Å². The van der Waals surface area contributed by atoms with Gasteiger partial charge in [-0.1, -0.05) is 6.92 Å². The first-order chi connectivity index (χ1) is 11.5. The van der Waals surface area contributed by atoms with Crippen molar-refractivity contribution in [3.63, 3.8) is 0 Å². The highest BCUT2D eigenvalue weighted by atomic mass is 16.5. The lowest BCUT2D eigenvalue weighted by atomic mass is 10.3. The van der Waals surface area contributed by atoms with Crippen LogP contribution in [0.4, 0.5) is 0 Å². The molecule has 0 saturated carbocycles. The van der Waals surface area contributed by atoms with Crippen molar-refractivity contribution in [1.29, 1.82) is 0 Å². The lowest BCUT2D eigenvalue weighted by Gasteiger charge is -2.36. The van der Waals surface area contributed by atoms with Gasteiger partial charge in [-0.05, 0) is 34.1 Å². The van der Waals surface area contributed by atoms with Crippen molar-refractivity contribution in [2.75, 3.05) is 65.8 Å². The molecule has 0 aliphatic heterocycles. The van der Waals surface area contributed by atoms with Crippen molar-refractivity contribution in [3.05, 3.63) is 0 Å². The highest BCUT2D eigenvalue weighted by molar-refractivity contribution is 5.66. The van der Waals surface area contributed by atoms with Crippen LogP contribution in [0.1, 0.15) is 47.5 Å². The van der Waals surface area contributed by atoms with Crippen LogP contribution in [-0.4, -0.2) is 81.4 Å². The zero-order valence-corrected chi connectivity index (χ0v) is 16.5. The first-order valence-electron chi connectivity index (χ1n) is 9.31. The highest BCUT2D eigenvalue weighted by Crippen LogP contribution is 2.07. The van der Waals surface area contributed by atoms with E-state index in [0.717, 1.165) is 13.2 Å². The van der Waals surface area contributed by atoms with Gasteiger partial charge in [0.05, 0.1) is 52.5 Å². The third-order valence-electron chi connectivity index (χ3n) is 3.99. The highest BCUT2D eigenvalue weighted by Gasteiger charge is 2.20. The molecule has 0 aliphatic carbocycles. The van der Waals surface area contributed by atoms with Crippen LogP contribution in [0.15, 0.2) is 0 Å². The maximum absolute atomic E-state index is 9.98. The van der Waals surface area contributed by atoms with Gasteiger partial charge in [-0.3, -0.25) is 4.79 Å². The number of carboxylic acids is 1. The van der Waals surface area contributed by atoms with Crippen molar-refractivity contribution in [2.45, 2.75) is 47.5 Å². The Balaban J connectivity index is 0. The fraction of sp³-hybridized carbons (Fsp3) is 0.944. The van der Waals surface area contributed by atoms with Crippen LogP contribution >= 0.6 is 0 Å². The zero-order valence-electron chi connectivity index (χ0n) is 16.5. The van der Waals surface area contributed by atoms with Crippen molar-refractivity contribution >= 4 is 5.97 Å². The molecule has 0 heterocycles.